The lowest BCUT2D eigenvalue weighted by atomic mass is 9.94. The Balaban J connectivity index is 1.24. The Morgan fingerprint density at radius 3 is 2.44 bits per heavy atom. The van der Waals surface area contributed by atoms with Gasteiger partial charge in [-0.3, -0.25) is 0 Å². The molecule has 180 valence electrons. The quantitative estimate of drug-likeness (QED) is 0.487. The summed E-state index contributed by atoms with van der Waals surface area (Å²) in [4.78, 5) is 17.9. The van der Waals surface area contributed by atoms with Gasteiger partial charge in [0.25, 0.3) is 0 Å². The van der Waals surface area contributed by atoms with Crippen LogP contribution in [0.3, 0.4) is 0 Å². The van der Waals surface area contributed by atoms with Crippen LogP contribution < -0.4 is 9.47 Å². The number of pyridine rings is 1. The molecule has 1 aliphatic rings. The third-order valence-corrected chi connectivity index (χ3v) is 6.55. The number of carbonyl (C=O) groups is 1. The molecule has 0 saturated carbocycles. The molecule has 34 heavy (non-hydrogen) atoms. The smallest absolute Gasteiger partial charge is 0.417 e. The fourth-order valence-electron chi connectivity index (χ4n) is 3.49. The summed E-state index contributed by atoms with van der Waals surface area (Å²) in [6.45, 7) is 3.29. The highest BCUT2D eigenvalue weighted by molar-refractivity contribution is 7.99. The van der Waals surface area contributed by atoms with E-state index in [1.165, 1.54) is 0 Å². The first-order valence-electron chi connectivity index (χ1n) is 10.5. The lowest BCUT2D eigenvalue weighted by Crippen LogP contribution is -2.41. The van der Waals surface area contributed by atoms with Gasteiger partial charge in [0.2, 0.25) is 11.0 Å². The predicted molar refractivity (Wildman–Crippen MR) is 116 cm³/mol. The Kier molecular flexibility index (Phi) is 7.20. The lowest BCUT2D eigenvalue weighted by molar-refractivity contribution is -0.137. The number of hydrogen-bond acceptors (Lipinski definition) is 8. The molecular weight excluding hydrogens is 473 g/mol. The van der Waals surface area contributed by atoms with Gasteiger partial charge >= 0.3 is 12.3 Å². The fourth-order valence-corrected chi connectivity index (χ4v) is 4.49. The number of alkyl halides is 3. The zero-order valence-corrected chi connectivity index (χ0v) is 18.8. The normalized spacial score (nSPS) is 15.7. The molecule has 1 N–H and O–H groups in total. The van der Waals surface area contributed by atoms with E-state index >= 15 is 0 Å². The standard InChI is InChI=1S/C21H21F3N6O3S/c1-13(34-19-26-28-29-27-19)14-8-10-30(11-9-14)20(31)33-17-5-3-16(4-6-17)32-18-7-2-15(12-25-18)21(22,23)24/h2-7,12-14H,8-11H2,1H3,(H,26,27,28,29). The maximum Gasteiger partial charge on any atom is 0.417 e. The van der Waals surface area contributed by atoms with Crippen molar-refractivity contribution in [3.8, 4) is 17.4 Å². The largest absolute Gasteiger partial charge is 0.439 e. The summed E-state index contributed by atoms with van der Waals surface area (Å²) in [6.07, 6.45) is -2.50. The zero-order valence-electron chi connectivity index (χ0n) is 18.0. The molecule has 3 aromatic rings. The molecule has 1 saturated heterocycles. The molecule has 2 aromatic heterocycles. The summed E-state index contributed by atoms with van der Waals surface area (Å²) in [5.74, 6) is 1.13. The van der Waals surface area contributed by atoms with Crippen LogP contribution in [0.4, 0.5) is 18.0 Å². The number of hydrogen-bond donors (Lipinski definition) is 1. The van der Waals surface area contributed by atoms with Crippen molar-refractivity contribution in [1.29, 1.82) is 0 Å². The molecular formula is C21H21F3N6O3S. The number of rotatable bonds is 6. The van der Waals surface area contributed by atoms with E-state index in [1.54, 1.807) is 40.9 Å². The molecule has 3 heterocycles. The van der Waals surface area contributed by atoms with E-state index in [2.05, 4.69) is 32.5 Å². The third-order valence-electron chi connectivity index (χ3n) is 5.40. The number of H-pyrrole nitrogens is 1. The monoisotopic (exact) mass is 494 g/mol. The number of ether oxygens (including phenoxy) is 2. The number of aromatic amines is 1. The number of halogens is 3. The Bertz CT molecular complexity index is 1070. The molecule has 13 heteroatoms. The average molecular weight is 494 g/mol. The average Bonchev–Trinajstić information content (AvgIpc) is 3.33. The first kappa shape index (κ1) is 23.8. The van der Waals surface area contributed by atoms with E-state index in [-0.39, 0.29) is 5.88 Å². The second-order valence-corrected chi connectivity index (χ2v) is 9.04. The Morgan fingerprint density at radius 2 is 1.85 bits per heavy atom. The van der Waals surface area contributed by atoms with Gasteiger partial charge in [-0.1, -0.05) is 18.7 Å². The van der Waals surface area contributed by atoms with Gasteiger partial charge in [0.15, 0.2) is 0 Å². The van der Waals surface area contributed by atoms with Crippen LogP contribution in [0.1, 0.15) is 25.3 Å². The van der Waals surface area contributed by atoms with Gasteiger partial charge in [-0.05, 0) is 59.5 Å². The second-order valence-electron chi connectivity index (χ2n) is 7.68. The second kappa shape index (κ2) is 10.3. The number of nitrogens with zero attached hydrogens (tertiary/aromatic N) is 5. The Labute approximate surface area is 197 Å². The minimum absolute atomic E-state index is 0.0209. The zero-order chi connectivity index (χ0) is 24.1. The van der Waals surface area contributed by atoms with Crippen molar-refractivity contribution in [2.75, 3.05) is 13.1 Å². The van der Waals surface area contributed by atoms with Gasteiger partial charge in [0, 0.05) is 30.6 Å². The molecule has 0 bridgehead atoms. The van der Waals surface area contributed by atoms with E-state index in [1.807, 2.05) is 0 Å². The minimum atomic E-state index is -4.46. The molecule has 1 aromatic carbocycles. The molecule has 1 amide bonds. The molecule has 1 atom stereocenters. The summed E-state index contributed by atoms with van der Waals surface area (Å²) in [7, 11) is 0. The highest BCUT2D eigenvalue weighted by Crippen LogP contribution is 2.32. The van der Waals surface area contributed by atoms with Gasteiger partial charge < -0.3 is 14.4 Å². The Morgan fingerprint density at radius 1 is 1.15 bits per heavy atom. The topological polar surface area (TPSA) is 106 Å². The van der Waals surface area contributed by atoms with E-state index < -0.39 is 17.8 Å². The van der Waals surface area contributed by atoms with E-state index in [0.717, 1.165) is 25.0 Å². The molecule has 1 fully saturated rings. The van der Waals surface area contributed by atoms with E-state index in [9.17, 15) is 18.0 Å². The van der Waals surface area contributed by atoms with E-state index in [4.69, 9.17) is 9.47 Å². The van der Waals surface area contributed by atoms with Gasteiger partial charge in [0.05, 0.1) is 5.56 Å². The number of carbonyl (C=O) groups excluding carboxylic acids is 1. The van der Waals surface area contributed by atoms with Crippen LogP contribution in [0.2, 0.25) is 0 Å². The van der Waals surface area contributed by atoms with Crippen molar-refractivity contribution in [3.05, 3.63) is 48.2 Å². The van der Waals surface area contributed by atoms with Crippen molar-refractivity contribution in [3.63, 3.8) is 0 Å². The van der Waals surface area contributed by atoms with Crippen LogP contribution in [0, 0.1) is 5.92 Å². The first-order valence-corrected chi connectivity index (χ1v) is 11.3. The SMILES string of the molecule is CC(Sc1nnn[nH]1)C1CCN(C(=O)Oc2ccc(Oc3ccc(C(F)(F)F)cn3)cc2)CC1. The van der Waals surface area contributed by atoms with Crippen LogP contribution in [0.5, 0.6) is 17.4 Å². The highest BCUT2D eigenvalue weighted by Gasteiger charge is 2.31. The summed E-state index contributed by atoms with van der Waals surface area (Å²) in [5.41, 5.74) is -0.855. The van der Waals surface area contributed by atoms with Crippen LogP contribution in [-0.4, -0.2) is 54.9 Å². The number of nitrogens with one attached hydrogen (secondary N) is 1. The Hall–Kier alpha value is -3.35. The molecule has 0 spiro atoms. The van der Waals surface area contributed by atoms with Crippen LogP contribution in [-0.2, 0) is 6.18 Å². The number of benzene rings is 1. The van der Waals surface area contributed by atoms with Crippen molar-refractivity contribution >= 4 is 17.9 Å². The number of piperidine rings is 1. The van der Waals surface area contributed by atoms with E-state index in [0.29, 0.717) is 47.1 Å². The molecule has 0 radical (unpaired) electrons. The van der Waals surface area contributed by atoms with Crippen molar-refractivity contribution in [1.82, 2.24) is 30.5 Å². The molecule has 9 nitrogen and oxygen atoms in total. The molecule has 0 aliphatic carbocycles. The number of thioether (sulfide) groups is 1. The lowest BCUT2D eigenvalue weighted by Gasteiger charge is -2.33. The molecule has 4 rings (SSSR count). The highest BCUT2D eigenvalue weighted by atomic mass is 32.2. The van der Waals surface area contributed by atoms with Crippen LogP contribution in [0.25, 0.3) is 0 Å². The summed E-state index contributed by atoms with van der Waals surface area (Å²) >= 11 is 1.58. The van der Waals surface area contributed by atoms with Crippen LogP contribution >= 0.6 is 11.8 Å². The minimum Gasteiger partial charge on any atom is -0.439 e. The maximum atomic E-state index is 12.6. The van der Waals surface area contributed by atoms with Gasteiger partial charge in [0.1, 0.15) is 11.5 Å². The number of tetrazole rings is 1. The summed E-state index contributed by atoms with van der Waals surface area (Å²) in [6, 6.07) is 8.23. The summed E-state index contributed by atoms with van der Waals surface area (Å²) < 4.78 is 48.8. The third kappa shape index (κ3) is 6.16. The predicted octanol–water partition coefficient (Wildman–Crippen LogP) is 4.80. The van der Waals surface area contributed by atoms with Crippen molar-refractivity contribution in [2.24, 2.45) is 5.92 Å². The molecule has 1 unspecified atom stereocenters. The number of aromatic nitrogens is 5. The van der Waals surface area contributed by atoms with Gasteiger partial charge in [-0.2, -0.15) is 13.2 Å². The number of likely N-dealkylation sites (tertiary alicyclic amines) is 1. The first-order chi connectivity index (χ1) is 16.3. The summed E-state index contributed by atoms with van der Waals surface area (Å²) in [5, 5.41) is 14.8. The van der Waals surface area contributed by atoms with Crippen molar-refractivity contribution in [2.45, 2.75) is 36.3 Å². The van der Waals surface area contributed by atoms with Crippen LogP contribution in [0.15, 0.2) is 47.8 Å². The fraction of sp³-hybridized carbons (Fsp3) is 0.381. The number of amides is 1. The maximum absolute atomic E-state index is 12.6. The van der Waals surface area contributed by atoms with Gasteiger partial charge in [-0.25, -0.2) is 14.9 Å². The van der Waals surface area contributed by atoms with Gasteiger partial charge in [-0.15, -0.1) is 5.10 Å². The molecule has 1 aliphatic heterocycles. The van der Waals surface area contributed by atoms with Crippen molar-refractivity contribution < 1.29 is 27.4 Å².